The topological polar surface area (TPSA) is 81.2 Å². The van der Waals surface area contributed by atoms with Crippen molar-refractivity contribution in [2.24, 2.45) is 0 Å². The van der Waals surface area contributed by atoms with Crippen molar-refractivity contribution in [3.8, 4) is 5.88 Å². The third kappa shape index (κ3) is 5.02. The summed E-state index contributed by atoms with van der Waals surface area (Å²) < 4.78 is 72.0. The molecule has 0 bridgehead atoms. The first-order chi connectivity index (χ1) is 13.7. The second-order valence-electron chi connectivity index (χ2n) is 6.07. The first kappa shape index (κ1) is 20.6. The highest BCUT2D eigenvalue weighted by Gasteiger charge is 2.33. The highest BCUT2D eigenvalue weighted by molar-refractivity contribution is 7.92. The Labute approximate surface area is 165 Å². The normalized spacial score (nSPS) is 11.9. The quantitative estimate of drug-likeness (QED) is 0.643. The van der Waals surface area contributed by atoms with Gasteiger partial charge < -0.3 is 4.74 Å². The van der Waals surface area contributed by atoms with Gasteiger partial charge in [-0.15, -0.1) is 0 Å². The van der Waals surface area contributed by atoms with E-state index in [0.717, 1.165) is 11.6 Å². The van der Waals surface area contributed by atoms with E-state index in [-0.39, 0.29) is 22.2 Å². The predicted octanol–water partition coefficient (Wildman–Crippen LogP) is 4.18. The van der Waals surface area contributed by atoms with Gasteiger partial charge in [0.1, 0.15) is 6.61 Å². The van der Waals surface area contributed by atoms with Crippen molar-refractivity contribution in [2.45, 2.75) is 24.6 Å². The molecule has 0 aliphatic carbocycles. The van der Waals surface area contributed by atoms with Crippen molar-refractivity contribution >= 4 is 15.8 Å². The molecule has 6 nitrogen and oxygen atoms in total. The molecule has 2 aromatic carbocycles. The number of alkyl halides is 3. The van der Waals surface area contributed by atoms with Crippen LogP contribution in [-0.4, -0.2) is 18.4 Å². The molecule has 0 unspecified atom stereocenters. The van der Waals surface area contributed by atoms with Gasteiger partial charge in [0.25, 0.3) is 15.9 Å². The Bertz CT molecular complexity index is 1100. The summed E-state index contributed by atoms with van der Waals surface area (Å²) in [6.45, 7) is 1.35. The molecule has 3 aromatic rings. The summed E-state index contributed by atoms with van der Waals surface area (Å²) in [5, 5.41) is 0. The second kappa shape index (κ2) is 8.08. The van der Waals surface area contributed by atoms with Crippen molar-refractivity contribution in [3.63, 3.8) is 0 Å². The molecule has 0 amide bonds. The Morgan fingerprint density at radius 1 is 1.00 bits per heavy atom. The average Bonchev–Trinajstić information content (AvgIpc) is 2.67. The van der Waals surface area contributed by atoms with Crippen LogP contribution >= 0.6 is 0 Å². The number of ether oxygens (including phenoxy) is 1. The van der Waals surface area contributed by atoms with Gasteiger partial charge in [0, 0.05) is 18.0 Å². The van der Waals surface area contributed by atoms with E-state index < -0.39 is 28.4 Å². The number of aromatic nitrogens is 2. The molecular weight excluding hydrogens is 407 g/mol. The van der Waals surface area contributed by atoms with E-state index in [1.807, 2.05) is 6.92 Å². The Morgan fingerprint density at radius 2 is 1.66 bits per heavy atom. The van der Waals surface area contributed by atoms with E-state index in [4.69, 9.17) is 4.74 Å². The molecule has 0 aliphatic heterocycles. The first-order valence-corrected chi connectivity index (χ1v) is 9.83. The van der Waals surface area contributed by atoms with Crippen molar-refractivity contribution < 1.29 is 26.3 Å². The summed E-state index contributed by atoms with van der Waals surface area (Å²) in [6, 6.07) is 11.1. The lowest BCUT2D eigenvalue weighted by atomic mass is 10.1. The number of benzene rings is 2. The summed E-state index contributed by atoms with van der Waals surface area (Å²) in [5.74, 6) is -0.460. The van der Waals surface area contributed by atoms with Gasteiger partial charge in [-0.1, -0.05) is 35.9 Å². The molecule has 0 atom stereocenters. The fourth-order valence-electron chi connectivity index (χ4n) is 2.47. The van der Waals surface area contributed by atoms with E-state index in [2.05, 4.69) is 14.7 Å². The molecule has 0 saturated carbocycles. The summed E-state index contributed by atoms with van der Waals surface area (Å²) in [4.78, 5) is 7.78. The number of sulfonamides is 1. The highest BCUT2D eigenvalue weighted by Crippen LogP contribution is 2.32. The summed E-state index contributed by atoms with van der Waals surface area (Å²) in [7, 11) is -3.98. The molecule has 0 aliphatic rings. The summed E-state index contributed by atoms with van der Waals surface area (Å²) in [6.07, 6.45) is -2.06. The maximum Gasteiger partial charge on any atom is 0.416 e. The number of anilines is 1. The molecule has 152 valence electrons. The van der Waals surface area contributed by atoms with Crippen LogP contribution in [0.1, 0.15) is 16.7 Å². The first-order valence-electron chi connectivity index (χ1n) is 8.35. The van der Waals surface area contributed by atoms with Crippen LogP contribution in [0.15, 0.2) is 65.8 Å². The zero-order chi connectivity index (χ0) is 21.1. The molecule has 0 radical (unpaired) electrons. The van der Waals surface area contributed by atoms with Gasteiger partial charge in [-0.2, -0.15) is 13.2 Å². The fourth-order valence-corrected chi connectivity index (χ4v) is 3.48. The monoisotopic (exact) mass is 423 g/mol. The molecule has 1 aromatic heterocycles. The number of hydrogen-bond donors (Lipinski definition) is 1. The summed E-state index contributed by atoms with van der Waals surface area (Å²) in [5.41, 5.74) is -0.0699. The van der Waals surface area contributed by atoms with Crippen molar-refractivity contribution in [2.75, 3.05) is 4.72 Å². The van der Waals surface area contributed by atoms with Crippen LogP contribution in [0, 0.1) is 6.92 Å². The number of nitrogens with zero attached hydrogens (tertiary/aromatic N) is 2. The van der Waals surface area contributed by atoms with E-state index in [9.17, 15) is 21.6 Å². The largest absolute Gasteiger partial charge is 0.470 e. The SMILES string of the molecule is Cc1ccc(S(=O)(=O)Nc2nccnc2OCc2ccccc2C(F)(F)F)cc1. The number of nitrogens with one attached hydrogen (secondary N) is 1. The van der Waals surface area contributed by atoms with Crippen LogP contribution in [-0.2, 0) is 22.8 Å². The lowest BCUT2D eigenvalue weighted by Crippen LogP contribution is -2.16. The van der Waals surface area contributed by atoms with Crippen LogP contribution in [0.25, 0.3) is 0 Å². The lowest BCUT2D eigenvalue weighted by Gasteiger charge is -2.14. The minimum absolute atomic E-state index is 0.00196. The van der Waals surface area contributed by atoms with Gasteiger partial charge in [-0.05, 0) is 25.1 Å². The number of aryl methyl sites for hydroxylation is 1. The number of rotatable bonds is 6. The molecule has 1 N–H and O–H groups in total. The Morgan fingerprint density at radius 3 is 2.34 bits per heavy atom. The van der Waals surface area contributed by atoms with Gasteiger partial charge in [-0.3, -0.25) is 4.72 Å². The van der Waals surface area contributed by atoms with E-state index in [1.54, 1.807) is 12.1 Å². The number of halogens is 3. The molecule has 3 rings (SSSR count). The molecule has 29 heavy (non-hydrogen) atoms. The molecule has 1 heterocycles. The van der Waals surface area contributed by atoms with Gasteiger partial charge in [-0.25, -0.2) is 18.4 Å². The highest BCUT2D eigenvalue weighted by atomic mass is 32.2. The minimum atomic E-state index is -4.54. The minimum Gasteiger partial charge on any atom is -0.470 e. The van der Waals surface area contributed by atoms with Gasteiger partial charge in [0.2, 0.25) is 5.82 Å². The van der Waals surface area contributed by atoms with E-state index in [0.29, 0.717) is 0 Å². The standard InChI is InChI=1S/C19H16F3N3O3S/c1-13-6-8-15(9-7-13)29(26,27)25-17-18(24-11-10-23-17)28-12-14-4-2-3-5-16(14)19(20,21)22/h2-11H,12H2,1H3,(H,23,25). The number of hydrogen-bond acceptors (Lipinski definition) is 5. The Kier molecular flexibility index (Phi) is 5.73. The molecular formula is C19H16F3N3O3S. The molecule has 10 heteroatoms. The molecule has 0 fully saturated rings. The van der Waals surface area contributed by atoms with Gasteiger partial charge in [0.05, 0.1) is 10.5 Å². The van der Waals surface area contributed by atoms with Gasteiger partial charge >= 0.3 is 6.18 Å². The summed E-state index contributed by atoms with van der Waals surface area (Å²) >= 11 is 0. The van der Waals surface area contributed by atoms with Crippen molar-refractivity contribution in [3.05, 3.63) is 77.6 Å². The smallest absolute Gasteiger partial charge is 0.416 e. The van der Waals surface area contributed by atoms with Gasteiger partial charge in [0.15, 0.2) is 0 Å². The second-order valence-corrected chi connectivity index (χ2v) is 7.75. The van der Waals surface area contributed by atoms with Crippen LogP contribution in [0.4, 0.5) is 19.0 Å². The Hall–Kier alpha value is -3.14. The van der Waals surface area contributed by atoms with E-state index >= 15 is 0 Å². The third-order valence-corrected chi connectivity index (χ3v) is 5.27. The third-order valence-electron chi connectivity index (χ3n) is 3.91. The molecule has 0 spiro atoms. The maximum atomic E-state index is 13.1. The van der Waals surface area contributed by atoms with Crippen molar-refractivity contribution in [1.82, 2.24) is 9.97 Å². The van der Waals surface area contributed by atoms with Crippen molar-refractivity contribution in [1.29, 1.82) is 0 Å². The Balaban J connectivity index is 1.83. The molecule has 0 saturated heterocycles. The zero-order valence-corrected chi connectivity index (χ0v) is 16.0. The van der Waals surface area contributed by atoms with Crippen LogP contribution in [0.3, 0.4) is 0 Å². The predicted molar refractivity (Wildman–Crippen MR) is 99.8 cm³/mol. The van der Waals surface area contributed by atoms with Crippen LogP contribution in [0.5, 0.6) is 5.88 Å². The average molecular weight is 423 g/mol. The zero-order valence-electron chi connectivity index (χ0n) is 15.1. The van der Waals surface area contributed by atoms with Crippen LogP contribution < -0.4 is 9.46 Å². The van der Waals surface area contributed by atoms with E-state index in [1.165, 1.54) is 42.7 Å². The fraction of sp³-hybridized carbons (Fsp3) is 0.158. The van der Waals surface area contributed by atoms with Crippen LogP contribution in [0.2, 0.25) is 0 Å². The maximum absolute atomic E-state index is 13.1. The lowest BCUT2D eigenvalue weighted by molar-refractivity contribution is -0.138.